The standard InChI is InChI=1S/C13H17FN2O6S/c1-2-3-12(14)15(13(17)18)8-9-23(21,22)11-6-4-10(5-7-11)16(19)20/h4-7,12H,2-3,8-9H2,1H3,(H,17,18). The Morgan fingerprint density at radius 3 is 2.39 bits per heavy atom. The molecule has 1 aromatic rings. The lowest BCUT2D eigenvalue weighted by atomic mass is 10.3. The summed E-state index contributed by atoms with van der Waals surface area (Å²) >= 11 is 0. The fraction of sp³-hybridized carbons (Fsp3) is 0.462. The van der Waals surface area contributed by atoms with Gasteiger partial charge in [0, 0.05) is 18.7 Å². The van der Waals surface area contributed by atoms with Gasteiger partial charge in [-0.1, -0.05) is 13.3 Å². The maximum absolute atomic E-state index is 13.7. The first-order valence-corrected chi connectivity index (χ1v) is 8.45. The van der Waals surface area contributed by atoms with Crippen molar-refractivity contribution in [1.29, 1.82) is 0 Å². The second kappa shape index (κ2) is 7.86. The summed E-state index contributed by atoms with van der Waals surface area (Å²) in [5.74, 6) is -0.610. The molecule has 0 aromatic heterocycles. The summed E-state index contributed by atoms with van der Waals surface area (Å²) in [6.45, 7) is 1.16. The SMILES string of the molecule is CCCC(F)N(CCS(=O)(=O)c1ccc([N+](=O)[O-])cc1)C(=O)O. The number of sulfone groups is 1. The third-order valence-corrected chi connectivity index (χ3v) is 4.83. The van der Waals surface area contributed by atoms with Gasteiger partial charge >= 0.3 is 6.09 Å². The van der Waals surface area contributed by atoms with Crippen molar-refractivity contribution in [2.45, 2.75) is 31.0 Å². The van der Waals surface area contributed by atoms with E-state index in [1.165, 1.54) is 0 Å². The Bertz CT molecular complexity index is 662. The van der Waals surface area contributed by atoms with Crippen LogP contribution in [0.3, 0.4) is 0 Å². The molecule has 0 fully saturated rings. The zero-order valence-corrected chi connectivity index (χ0v) is 13.2. The molecule has 128 valence electrons. The molecule has 0 saturated carbocycles. The maximum atomic E-state index is 13.7. The number of halogens is 1. The highest BCUT2D eigenvalue weighted by molar-refractivity contribution is 7.91. The minimum Gasteiger partial charge on any atom is -0.465 e. The Labute approximate surface area is 132 Å². The zero-order valence-electron chi connectivity index (χ0n) is 12.4. The smallest absolute Gasteiger partial charge is 0.409 e. The van der Waals surface area contributed by atoms with Gasteiger partial charge in [0.15, 0.2) is 16.1 Å². The average Bonchev–Trinajstić information content (AvgIpc) is 2.47. The predicted molar refractivity (Wildman–Crippen MR) is 79.7 cm³/mol. The van der Waals surface area contributed by atoms with Crippen molar-refractivity contribution in [1.82, 2.24) is 4.90 Å². The van der Waals surface area contributed by atoms with Crippen molar-refractivity contribution >= 4 is 21.6 Å². The fourth-order valence-electron chi connectivity index (χ4n) is 1.86. The minimum absolute atomic E-state index is 0.0239. The topological polar surface area (TPSA) is 118 Å². The van der Waals surface area contributed by atoms with Gasteiger partial charge in [-0.3, -0.25) is 15.0 Å². The largest absolute Gasteiger partial charge is 0.465 e. The molecule has 0 aliphatic carbocycles. The maximum Gasteiger partial charge on any atom is 0.409 e. The number of carbonyl (C=O) groups is 1. The average molecular weight is 348 g/mol. The van der Waals surface area contributed by atoms with Crippen LogP contribution in [-0.4, -0.2) is 48.0 Å². The highest BCUT2D eigenvalue weighted by atomic mass is 32.2. The molecule has 0 radical (unpaired) electrons. The summed E-state index contributed by atoms with van der Waals surface area (Å²) in [5, 5.41) is 19.5. The van der Waals surface area contributed by atoms with Crippen LogP contribution >= 0.6 is 0 Å². The van der Waals surface area contributed by atoms with Gasteiger partial charge in [-0.25, -0.2) is 17.6 Å². The number of nitro groups is 1. The number of benzene rings is 1. The Morgan fingerprint density at radius 1 is 1.39 bits per heavy atom. The quantitative estimate of drug-likeness (QED) is 0.438. The summed E-state index contributed by atoms with van der Waals surface area (Å²) in [7, 11) is -3.87. The first-order chi connectivity index (χ1) is 10.7. The van der Waals surface area contributed by atoms with Gasteiger partial charge in [0.1, 0.15) is 0 Å². The van der Waals surface area contributed by atoms with E-state index in [4.69, 9.17) is 5.11 Å². The second-order valence-electron chi connectivity index (χ2n) is 4.77. The lowest BCUT2D eigenvalue weighted by molar-refractivity contribution is -0.384. The molecule has 23 heavy (non-hydrogen) atoms. The third-order valence-electron chi connectivity index (χ3n) is 3.12. The van der Waals surface area contributed by atoms with Gasteiger partial charge < -0.3 is 5.11 Å². The molecule has 0 heterocycles. The van der Waals surface area contributed by atoms with E-state index in [1.54, 1.807) is 6.92 Å². The van der Waals surface area contributed by atoms with Gasteiger partial charge in [0.2, 0.25) is 0 Å². The number of non-ortho nitro benzene ring substituents is 1. The van der Waals surface area contributed by atoms with Crippen molar-refractivity contribution < 1.29 is 27.6 Å². The summed E-state index contributed by atoms with van der Waals surface area (Å²) in [6.07, 6.45) is -2.92. The molecule has 1 atom stereocenters. The van der Waals surface area contributed by atoms with E-state index >= 15 is 0 Å². The van der Waals surface area contributed by atoms with Crippen LogP contribution in [0.15, 0.2) is 29.2 Å². The zero-order chi connectivity index (χ0) is 17.6. The van der Waals surface area contributed by atoms with Crippen LogP contribution < -0.4 is 0 Å². The van der Waals surface area contributed by atoms with Gasteiger partial charge in [-0.15, -0.1) is 0 Å². The summed E-state index contributed by atoms with van der Waals surface area (Å²) in [5.41, 5.74) is -0.261. The number of rotatable bonds is 8. The van der Waals surface area contributed by atoms with Crippen LogP contribution in [0, 0.1) is 10.1 Å². The number of nitrogens with zero attached hydrogens (tertiary/aromatic N) is 2. The first kappa shape index (κ1) is 18.8. The van der Waals surface area contributed by atoms with Crippen molar-refractivity contribution in [2.75, 3.05) is 12.3 Å². The number of carboxylic acid groups (broad SMARTS) is 1. The van der Waals surface area contributed by atoms with Gasteiger partial charge in [0.25, 0.3) is 5.69 Å². The van der Waals surface area contributed by atoms with Gasteiger partial charge in [-0.05, 0) is 18.6 Å². The van der Waals surface area contributed by atoms with Gasteiger partial charge in [0.05, 0.1) is 15.6 Å². The first-order valence-electron chi connectivity index (χ1n) is 6.80. The molecule has 8 nitrogen and oxygen atoms in total. The van der Waals surface area contributed by atoms with Crippen molar-refractivity contribution in [2.24, 2.45) is 0 Å². The number of hydrogen-bond donors (Lipinski definition) is 1. The molecule has 0 saturated heterocycles. The molecule has 1 rings (SSSR count). The monoisotopic (exact) mass is 348 g/mol. The highest BCUT2D eigenvalue weighted by Gasteiger charge is 2.25. The number of nitro benzene ring substituents is 1. The van der Waals surface area contributed by atoms with Crippen LogP contribution in [0.5, 0.6) is 0 Å². The molecule has 1 aromatic carbocycles. The van der Waals surface area contributed by atoms with Crippen LogP contribution in [-0.2, 0) is 9.84 Å². The van der Waals surface area contributed by atoms with E-state index in [1.807, 2.05) is 0 Å². The Morgan fingerprint density at radius 2 is 1.96 bits per heavy atom. The Kier molecular flexibility index (Phi) is 6.43. The number of alkyl halides is 1. The number of amides is 1. The molecule has 1 unspecified atom stereocenters. The van der Waals surface area contributed by atoms with Crippen molar-refractivity contribution in [3.8, 4) is 0 Å². The highest BCUT2D eigenvalue weighted by Crippen LogP contribution is 2.18. The Hall–Kier alpha value is -2.23. The van der Waals surface area contributed by atoms with Crippen molar-refractivity contribution in [3.05, 3.63) is 34.4 Å². The second-order valence-corrected chi connectivity index (χ2v) is 6.88. The van der Waals surface area contributed by atoms with E-state index in [-0.39, 0.29) is 17.0 Å². The van der Waals surface area contributed by atoms with Crippen LogP contribution in [0.2, 0.25) is 0 Å². The molecule has 0 aliphatic rings. The molecular formula is C13H17FN2O6S. The normalized spacial score (nSPS) is 12.6. The molecule has 0 spiro atoms. The lowest BCUT2D eigenvalue weighted by Gasteiger charge is -2.22. The summed E-state index contributed by atoms with van der Waals surface area (Å²) in [4.78, 5) is 21.1. The molecular weight excluding hydrogens is 331 g/mol. The molecule has 1 amide bonds. The predicted octanol–water partition coefficient (Wildman–Crippen LogP) is 2.44. The van der Waals surface area contributed by atoms with Gasteiger partial charge in [-0.2, -0.15) is 0 Å². The summed E-state index contributed by atoms with van der Waals surface area (Å²) in [6, 6.07) is 4.21. The van der Waals surface area contributed by atoms with Crippen LogP contribution in [0.25, 0.3) is 0 Å². The molecule has 1 N–H and O–H groups in total. The summed E-state index contributed by atoms with van der Waals surface area (Å²) < 4.78 is 37.9. The molecule has 10 heteroatoms. The third kappa shape index (κ3) is 5.16. The van der Waals surface area contributed by atoms with Crippen LogP contribution in [0.4, 0.5) is 14.9 Å². The lowest BCUT2D eigenvalue weighted by Crippen LogP contribution is -2.40. The fourth-order valence-corrected chi connectivity index (χ4v) is 3.08. The Balaban J connectivity index is 2.84. The molecule has 0 aliphatic heterocycles. The van der Waals surface area contributed by atoms with E-state index in [2.05, 4.69) is 0 Å². The van der Waals surface area contributed by atoms with Crippen LogP contribution in [0.1, 0.15) is 19.8 Å². The van der Waals surface area contributed by atoms with E-state index in [9.17, 15) is 27.7 Å². The van der Waals surface area contributed by atoms with E-state index in [0.29, 0.717) is 11.3 Å². The number of hydrogen-bond acceptors (Lipinski definition) is 5. The van der Waals surface area contributed by atoms with Crippen molar-refractivity contribution in [3.63, 3.8) is 0 Å². The molecule has 0 bridgehead atoms. The van der Waals surface area contributed by atoms with E-state index in [0.717, 1.165) is 24.3 Å². The van der Waals surface area contributed by atoms with E-state index < -0.39 is 39.4 Å². The minimum atomic E-state index is -3.87.